The lowest BCUT2D eigenvalue weighted by Gasteiger charge is -2.07. The Bertz CT molecular complexity index is 1060. The molecule has 0 atom stereocenters. The van der Waals surface area contributed by atoms with E-state index in [9.17, 15) is 14.4 Å². The van der Waals surface area contributed by atoms with Gasteiger partial charge < -0.3 is 14.2 Å². The number of rotatable bonds is 7. The molecule has 0 aliphatic heterocycles. The number of ether oxygens (including phenoxy) is 3. The van der Waals surface area contributed by atoms with Crippen LogP contribution in [0.1, 0.15) is 31.1 Å². The standard InChI is InChI=1S/C23H17BrO6/c1-28-20-4-2-3-17(13-20)23(27)30-19-11-7-15(8-12-19)21(25)14-29-22(26)16-5-9-18(24)10-6-16/h2-13H,14H2,1H3. The van der Waals surface area contributed by atoms with Crippen LogP contribution in [0.2, 0.25) is 0 Å². The number of methoxy groups -OCH3 is 1. The molecule has 3 aromatic rings. The maximum Gasteiger partial charge on any atom is 0.343 e. The molecule has 0 N–H and O–H groups in total. The number of halogens is 1. The number of hydrogen-bond donors (Lipinski definition) is 0. The summed E-state index contributed by atoms with van der Waals surface area (Å²) in [7, 11) is 1.51. The first-order valence-corrected chi connectivity index (χ1v) is 9.68. The molecular weight excluding hydrogens is 452 g/mol. The van der Waals surface area contributed by atoms with Gasteiger partial charge in [0.25, 0.3) is 0 Å². The van der Waals surface area contributed by atoms with Crippen molar-refractivity contribution in [1.29, 1.82) is 0 Å². The highest BCUT2D eigenvalue weighted by Crippen LogP contribution is 2.18. The van der Waals surface area contributed by atoms with E-state index in [1.54, 1.807) is 48.5 Å². The molecule has 0 saturated heterocycles. The molecule has 6 nitrogen and oxygen atoms in total. The third-order valence-corrected chi connectivity index (χ3v) is 4.64. The minimum absolute atomic E-state index is 0.284. The molecule has 0 bridgehead atoms. The van der Waals surface area contributed by atoms with Crippen LogP contribution >= 0.6 is 15.9 Å². The lowest BCUT2D eigenvalue weighted by atomic mass is 10.1. The molecule has 0 aliphatic rings. The predicted molar refractivity (Wildman–Crippen MR) is 113 cm³/mol. The lowest BCUT2D eigenvalue weighted by molar-refractivity contribution is 0.0474. The quantitative estimate of drug-likeness (QED) is 0.283. The second-order valence-electron chi connectivity index (χ2n) is 6.15. The topological polar surface area (TPSA) is 78.9 Å². The monoisotopic (exact) mass is 468 g/mol. The van der Waals surface area contributed by atoms with E-state index in [1.807, 2.05) is 0 Å². The van der Waals surface area contributed by atoms with E-state index < -0.39 is 18.5 Å². The minimum Gasteiger partial charge on any atom is -0.497 e. The van der Waals surface area contributed by atoms with Crippen LogP contribution in [0.5, 0.6) is 11.5 Å². The zero-order valence-electron chi connectivity index (χ0n) is 16.0. The fourth-order valence-corrected chi connectivity index (χ4v) is 2.77. The fourth-order valence-electron chi connectivity index (χ4n) is 2.51. The summed E-state index contributed by atoms with van der Waals surface area (Å²) < 4.78 is 16.3. The summed E-state index contributed by atoms with van der Waals surface area (Å²) >= 11 is 3.28. The molecule has 0 radical (unpaired) electrons. The maximum atomic E-state index is 12.3. The highest BCUT2D eigenvalue weighted by molar-refractivity contribution is 9.10. The van der Waals surface area contributed by atoms with Crippen LogP contribution in [0, 0.1) is 0 Å². The van der Waals surface area contributed by atoms with Crippen LogP contribution in [0.3, 0.4) is 0 Å². The first kappa shape index (κ1) is 21.3. The Morgan fingerprint density at radius 1 is 0.767 bits per heavy atom. The zero-order valence-corrected chi connectivity index (χ0v) is 17.5. The Morgan fingerprint density at radius 3 is 2.10 bits per heavy atom. The lowest BCUT2D eigenvalue weighted by Crippen LogP contribution is -2.14. The minimum atomic E-state index is -0.584. The Kier molecular flexibility index (Phi) is 6.98. The number of carbonyl (C=O) groups is 3. The Hall–Kier alpha value is -3.45. The highest BCUT2D eigenvalue weighted by Gasteiger charge is 2.13. The van der Waals surface area contributed by atoms with Gasteiger partial charge in [-0.2, -0.15) is 0 Å². The molecule has 0 aromatic heterocycles. The van der Waals surface area contributed by atoms with E-state index in [0.29, 0.717) is 22.4 Å². The van der Waals surface area contributed by atoms with E-state index in [1.165, 1.54) is 31.4 Å². The van der Waals surface area contributed by atoms with Gasteiger partial charge in [0.2, 0.25) is 0 Å². The number of esters is 2. The maximum absolute atomic E-state index is 12.3. The van der Waals surface area contributed by atoms with Gasteiger partial charge >= 0.3 is 11.9 Å². The number of hydrogen-bond acceptors (Lipinski definition) is 6. The molecule has 0 amide bonds. The molecule has 0 unspecified atom stereocenters. The third kappa shape index (κ3) is 5.55. The first-order valence-electron chi connectivity index (χ1n) is 8.88. The van der Waals surface area contributed by atoms with Crippen LogP contribution in [-0.4, -0.2) is 31.4 Å². The highest BCUT2D eigenvalue weighted by atomic mass is 79.9. The summed E-state index contributed by atoms with van der Waals surface area (Å²) in [6.45, 7) is -0.391. The van der Waals surface area contributed by atoms with Crippen molar-refractivity contribution in [1.82, 2.24) is 0 Å². The van der Waals surface area contributed by atoms with Gasteiger partial charge in [0.1, 0.15) is 11.5 Å². The normalized spacial score (nSPS) is 10.2. The van der Waals surface area contributed by atoms with Gasteiger partial charge in [0, 0.05) is 10.0 Å². The van der Waals surface area contributed by atoms with Gasteiger partial charge in [0.05, 0.1) is 18.2 Å². The van der Waals surface area contributed by atoms with Crippen molar-refractivity contribution in [2.75, 3.05) is 13.7 Å². The average Bonchev–Trinajstić information content (AvgIpc) is 2.78. The Morgan fingerprint density at radius 2 is 1.43 bits per heavy atom. The van der Waals surface area contributed by atoms with Crippen molar-refractivity contribution in [2.24, 2.45) is 0 Å². The molecule has 7 heteroatoms. The van der Waals surface area contributed by atoms with Gasteiger partial charge in [-0.3, -0.25) is 4.79 Å². The summed E-state index contributed by atoms with van der Waals surface area (Å²) in [5.41, 5.74) is 1.03. The molecule has 30 heavy (non-hydrogen) atoms. The first-order chi connectivity index (χ1) is 14.5. The number of carbonyl (C=O) groups excluding carboxylic acids is 3. The van der Waals surface area contributed by atoms with E-state index in [4.69, 9.17) is 14.2 Å². The van der Waals surface area contributed by atoms with E-state index in [2.05, 4.69) is 15.9 Å². The van der Waals surface area contributed by atoms with Crippen LogP contribution in [-0.2, 0) is 4.74 Å². The second kappa shape index (κ2) is 9.84. The third-order valence-electron chi connectivity index (χ3n) is 4.11. The van der Waals surface area contributed by atoms with Crippen molar-refractivity contribution < 1.29 is 28.6 Å². The summed E-state index contributed by atoms with van der Waals surface area (Å²) in [6.07, 6.45) is 0. The zero-order chi connectivity index (χ0) is 21.5. The van der Waals surface area contributed by atoms with E-state index in [-0.39, 0.29) is 11.5 Å². The summed E-state index contributed by atoms with van der Waals surface area (Å²) in [4.78, 5) is 36.5. The van der Waals surface area contributed by atoms with Gasteiger partial charge in [-0.05, 0) is 66.7 Å². The largest absolute Gasteiger partial charge is 0.497 e. The van der Waals surface area contributed by atoms with Crippen molar-refractivity contribution in [3.63, 3.8) is 0 Å². The Labute approximate surface area is 181 Å². The van der Waals surface area contributed by atoms with Crippen molar-refractivity contribution in [2.45, 2.75) is 0 Å². The van der Waals surface area contributed by atoms with Crippen LogP contribution < -0.4 is 9.47 Å². The van der Waals surface area contributed by atoms with Crippen molar-refractivity contribution in [3.05, 3.63) is 94.0 Å². The molecule has 0 aliphatic carbocycles. The molecule has 3 rings (SSSR count). The van der Waals surface area contributed by atoms with Crippen LogP contribution in [0.15, 0.2) is 77.3 Å². The summed E-state index contributed by atoms with van der Waals surface area (Å²) in [5.74, 6) is -0.670. The van der Waals surface area contributed by atoms with E-state index >= 15 is 0 Å². The number of Topliss-reactive ketones (excluding diaryl/α,β-unsaturated/α-hetero) is 1. The Balaban J connectivity index is 1.56. The number of benzene rings is 3. The van der Waals surface area contributed by atoms with Crippen molar-refractivity contribution in [3.8, 4) is 11.5 Å². The van der Waals surface area contributed by atoms with Gasteiger partial charge in [-0.1, -0.05) is 22.0 Å². The fraction of sp³-hybridized carbons (Fsp3) is 0.0870. The summed E-state index contributed by atoms with van der Waals surface area (Å²) in [6, 6.07) is 19.2. The van der Waals surface area contributed by atoms with Gasteiger partial charge in [-0.25, -0.2) is 9.59 Å². The second-order valence-corrected chi connectivity index (χ2v) is 7.07. The van der Waals surface area contributed by atoms with Gasteiger partial charge in [-0.15, -0.1) is 0 Å². The molecule has 3 aromatic carbocycles. The van der Waals surface area contributed by atoms with Crippen LogP contribution in [0.25, 0.3) is 0 Å². The predicted octanol–water partition coefficient (Wildman–Crippen LogP) is 4.72. The van der Waals surface area contributed by atoms with Gasteiger partial charge in [0.15, 0.2) is 12.4 Å². The number of ketones is 1. The molecule has 0 spiro atoms. The smallest absolute Gasteiger partial charge is 0.343 e. The van der Waals surface area contributed by atoms with Crippen molar-refractivity contribution >= 4 is 33.7 Å². The molecule has 0 saturated carbocycles. The summed E-state index contributed by atoms with van der Waals surface area (Å²) in [5, 5.41) is 0. The molecular formula is C23H17BrO6. The van der Waals surface area contributed by atoms with Crippen LogP contribution in [0.4, 0.5) is 0 Å². The SMILES string of the molecule is COc1cccc(C(=O)Oc2ccc(C(=O)COC(=O)c3ccc(Br)cc3)cc2)c1. The van der Waals surface area contributed by atoms with E-state index in [0.717, 1.165) is 4.47 Å². The molecule has 0 heterocycles. The molecule has 152 valence electrons. The molecule has 0 fully saturated rings. The average molecular weight is 469 g/mol.